The molecule has 1 aliphatic rings. The van der Waals surface area contributed by atoms with Crippen LogP contribution in [0.4, 0.5) is 0 Å². The lowest BCUT2D eigenvalue weighted by molar-refractivity contribution is -0.140. The summed E-state index contributed by atoms with van der Waals surface area (Å²) >= 11 is 0. The fraction of sp³-hybridized carbons (Fsp3) is 0.750. The average molecular weight is 187 g/mol. The number of carboxylic acid groups (broad SMARTS) is 1. The van der Waals surface area contributed by atoms with Crippen LogP contribution in [0, 0.1) is 11.8 Å². The lowest BCUT2D eigenvalue weighted by Gasteiger charge is -2.02. The van der Waals surface area contributed by atoms with Crippen LogP contribution in [0.15, 0.2) is 0 Å². The van der Waals surface area contributed by atoms with Gasteiger partial charge in [-0.1, -0.05) is 0 Å². The minimum absolute atomic E-state index is 0.176. The zero-order valence-corrected chi connectivity index (χ0v) is 7.45. The number of rotatable bonds is 5. The summed E-state index contributed by atoms with van der Waals surface area (Å²) in [5.41, 5.74) is 0. The molecule has 74 valence electrons. The predicted octanol–water partition coefficient (Wildman–Crippen LogP) is -0.530. The molecule has 0 heterocycles. The van der Waals surface area contributed by atoms with Gasteiger partial charge in [0.1, 0.15) is 0 Å². The molecular weight excluding hydrogens is 174 g/mol. The van der Waals surface area contributed by atoms with Gasteiger partial charge in [-0.05, 0) is 6.42 Å². The van der Waals surface area contributed by atoms with Gasteiger partial charge in [0, 0.05) is 13.7 Å². The predicted molar refractivity (Wildman–Crippen MR) is 44.1 cm³/mol. The van der Waals surface area contributed by atoms with Crippen molar-refractivity contribution in [2.45, 2.75) is 6.42 Å². The molecule has 2 N–H and O–H groups in total. The first-order valence-corrected chi connectivity index (χ1v) is 4.16. The summed E-state index contributed by atoms with van der Waals surface area (Å²) in [5.74, 6) is -1.85. The summed E-state index contributed by atoms with van der Waals surface area (Å²) in [4.78, 5) is 21.6. The molecule has 0 aliphatic heterocycles. The van der Waals surface area contributed by atoms with Crippen LogP contribution in [0.5, 0.6) is 0 Å². The van der Waals surface area contributed by atoms with E-state index in [1.165, 1.54) is 0 Å². The van der Waals surface area contributed by atoms with Crippen molar-refractivity contribution in [3.05, 3.63) is 0 Å². The summed E-state index contributed by atoms with van der Waals surface area (Å²) in [6, 6.07) is 0. The van der Waals surface area contributed by atoms with Crippen LogP contribution in [-0.4, -0.2) is 37.2 Å². The minimum atomic E-state index is -0.883. The second kappa shape index (κ2) is 4.23. The molecule has 0 aromatic heterocycles. The van der Waals surface area contributed by atoms with Gasteiger partial charge in [-0.25, -0.2) is 0 Å². The highest BCUT2D eigenvalue weighted by molar-refractivity contribution is 5.89. The zero-order valence-electron chi connectivity index (χ0n) is 7.45. The lowest BCUT2D eigenvalue weighted by atomic mass is 10.3. The van der Waals surface area contributed by atoms with Gasteiger partial charge in [0.25, 0.3) is 0 Å². The van der Waals surface area contributed by atoms with E-state index in [0.29, 0.717) is 19.6 Å². The number of ether oxygens (including phenoxy) is 1. The Labute approximate surface area is 76.1 Å². The van der Waals surface area contributed by atoms with Crippen molar-refractivity contribution in [1.82, 2.24) is 5.32 Å². The Morgan fingerprint density at radius 3 is 2.69 bits per heavy atom. The van der Waals surface area contributed by atoms with E-state index in [9.17, 15) is 9.59 Å². The SMILES string of the molecule is COCCNC(=O)[C@@H]1C[C@@H]1C(=O)O. The first-order valence-electron chi connectivity index (χ1n) is 4.16. The highest BCUT2D eigenvalue weighted by atomic mass is 16.5. The number of hydrogen-bond donors (Lipinski definition) is 2. The molecular formula is C8H13NO4. The Balaban J connectivity index is 2.16. The third-order valence-corrected chi connectivity index (χ3v) is 2.05. The number of aliphatic carboxylic acids is 1. The summed E-state index contributed by atoms with van der Waals surface area (Å²) < 4.78 is 4.74. The summed E-state index contributed by atoms with van der Waals surface area (Å²) in [7, 11) is 1.54. The highest BCUT2D eigenvalue weighted by Gasteiger charge is 2.48. The zero-order chi connectivity index (χ0) is 9.84. The van der Waals surface area contributed by atoms with E-state index in [0.717, 1.165) is 0 Å². The Morgan fingerprint density at radius 2 is 2.23 bits per heavy atom. The first kappa shape index (κ1) is 9.98. The molecule has 1 saturated carbocycles. The van der Waals surface area contributed by atoms with Gasteiger partial charge in [0.2, 0.25) is 5.91 Å². The number of amides is 1. The smallest absolute Gasteiger partial charge is 0.307 e. The molecule has 0 unspecified atom stereocenters. The molecule has 1 aliphatic carbocycles. The number of methoxy groups -OCH3 is 1. The Hall–Kier alpha value is -1.10. The van der Waals surface area contributed by atoms with E-state index in [-0.39, 0.29) is 11.8 Å². The highest BCUT2D eigenvalue weighted by Crippen LogP contribution is 2.38. The standard InChI is InChI=1S/C8H13NO4/c1-13-3-2-9-7(10)5-4-6(5)8(11)12/h5-6H,2-4H2,1H3,(H,9,10)(H,11,12)/t5-,6+/m1/s1. The van der Waals surface area contributed by atoms with Crippen LogP contribution >= 0.6 is 0 Å². The fourth-order valence-corrected chi connectivity index (χ4v) is 1.17. The van der Waals surface area contributed by atoms with E-state index in [1.807, 2.05) is 0 Å². The molecule has 1 fully saturated rings. The van der Waals surface area contributed by atoms with Crippen molar-refractivity contribution >= 4 is 11.9 Å². The fourth-order valence-electron chi connectivity index (χ4n) is 1.17. The van der Waals surface area contributed by atoms with E-state index < -0.39 is 11.9 Å². The molecule has 5 heteroatoms. The van der Waals surface area contributed by atoms with Crippen molar-refractivity contribution in [2.75, 3.05) is 20.3 Å². The van der Waals surface area contributed by atoms with Crippen molar-refractivity contribution in [3.63, 3.8) is 0 Å². The number of carbonyl (C=O) groups excluding carboxylic acids is 1. The van der Waals surface area contributed by atoms with Crippen molar-refractivity contribution < 1.29 is 19.4 Å². The molecule has 0 saturated heterocycles. The number of carboxylic acids is 1. The summed E-state index contributed by atoms with van der Waals surface area (Å²) in [5, 5.41) is 11.1. The van der Waals surface area contributed by atoms with Crippen LogP contribution in [-0.2, 0) is 14.3 Å². The molecule has 2 atom stereocenters. The molecule has 1 amide bonds. The second-order valence-corrected chi connectivity index (χ2v) is 3.07. The summed E-state index contributed by atoms with van der Waals surface area (Å²) in [6.45, 7) is 0.897. The van der Waals surface area contributed by atoms with Gasteiger partial charge in [0.15, 0.2) is 0 Å². The van der Waals surface area contributed by atoms with Crippen LogP contribution in [0.1, 0.15) is 6.42 Å². The van der Waals surface area contributed by atoms with E-state index in [2.05, 4.69) is 5.32 Å². The molecule has 5 nitrogen and oxygen atoms in total. The van der Waals surface area contributed by atoms with E-state index in [1.54, 1.807) is 7.11 Å². The molecule has 0 radical (unpaired) electrons. The van der Waals surface area contributed by atoms with Gasteiger partial charge < -0.3 is 15.2 Å². The van der Waals surface area contributed by atoms with Crippen LogP contribution in [0.3, 0.4) is 0 Å². The van der Waals surface area contributed by atoms with Crippen molar-refractivity contribution in [1.29, 1.82) is 0 Å². The quantitative estimate of drug-likeness (QED) is 0.567. The van der Waals surface area contributed by atoms with Crippen molar-refractivity contribution in [2.24, 2.45) is 11.8 Å². The molecule has 13 heavy (non-hydrogen) atoms. The van der Waals surface area contributed by atoms with Gasteiger partial charge in [0.05, 0.1) is 18.4 Å². The van der Waals surface area contributed by atoms with E-state index in [4.69, 9.17) is 9.84 Å². The molecule has 0 aromatic carbocycles. The second-order valence-electron chi connectivity index (χ2n) is 3.07. The maximum atomic E-state index is 11.2. The molecule has 0 aromatic rings. The maximum absolute atomic E-state index is 11.2. The average Bonchev–Trinajstić information content (AvgIpc) is 2.83. The normalized spacial score (nSPS) is 25.3. The van der Waals surface area contributed by atoms with Gasteiger partial charge in [-0.2, -0.15) is 0 Å². The number of hydrogen-bond acceptors (Lipinski definition) is 3. The van der Waals surface area contributed by atoms with Gasteiger partial charge in [-0.3, -0.25) is 9.59 Å². The topological polar surface area (TPSA) is 75.6 Å². The minimum Gasteiger partial charge on any atom is -0.481 e. The Morgan fingerprint density at radius 1 is 1.54 bits per heavy atom. The third kappa shape index (κ3) is 2.69. The Bertz CT molecular complexity index is 216. The molecule has 1 rings (SSSR count). The van der Waals surface area contributed by atoms with Gasteiger partial charge in [-0.15, -0.1) is 0 Å². The van der Waals surface area contributed by atoms with Crippen LogP contribution in [0.25, 0.3) is 0 Å². The first-order chi connectivity index (χ1) is 6.16. The number of carbonyl (C=O) groups is 2. The maximum Gasteiger partial charge on any atom is 0.307 e. The third-order valence-electron chi connectivity index (χ3n) is 2.05. The number of nitrogens with one attached hydrogen (secondary N) is 1. The monoisotopic (exact) mass is 187 g/mol. The summed E-state index contributed by atoms with van der Waals surface area (Å²) in [6.07, 6.45) is 0.466. The van der Waals surface area contributed by atoms with Gasteiger partial charge >= 0.3 is 5.97 Å². The van der Waals surface area contributed by atoms with Crippen molar-refractivity contribution in [3.8, 4) is 0 Å². The Kier molecular flexibility index (Phi) is 3.25. The molecule has 0 bridgehead atoms. The van der Waals surface area contributed by atoms with Crippen LogP contribution < -0.4 is 5.32 Å². The van der Waals surface area contributed by atoms with E-state index >= 15 is 0 Å². The lowest BCUT2D eigenvalue weighted by Crippen LogP contribution is -2.29. The largest absolute Gasteiger partial charge is 0.481 e. The van der Waals surface area contributed by atoms with Crippen LogP contribution in [0.2, 0.25) is 0 Å². The molecule has 0 spiro atoms.